The summed E-state index contributed by atoms with van der Waals surface area (Å²) in [6.45, 7) is 0.503. The van der Waals surface area contributed by atoms with Gasteiger partial charge in [-0.25, -0.2) is 4.68 Å². The Balaban J connectivity index is 1.65. The Morgan fingerprint density at radius 2 is 2.29 bits per heavy atom. The molecule has 1 aliphatic carbocycles. The molecule has 1 aromatic carbocycles. The molecule has 1 heterocycles. The molecule has 1 aromatic heterocycles. The predicted octanol–water partition coefficient (Wildman–Crippen LogP) is 0.931. The average Bonchev–Trinajstić information content (AvgIpc) is 2.95. The number of hydrogen-bond donors (Lipinski definition) is 2. The monoisotopic (exact) mass is 285 g/mol. The number of fused-ring (bicyclic) bond motifs is 1. The molecule has 0 spiro atoms. The van der Waals surface area contributed by atoms with Crippen LogP contribution < -0.4 is 11.1 Å². The summed E-state index contributed by atoms with van der Waals surface area (Å²) in [5, 5.41) is 10.9. The van der Waals surface area contributed by atoms with Crippen LogP contribution in [-0.2, 0) is 24.3 Å². The first-order chi connectivity index (χ1) is 10.3. The van der Waals surface area contributed by atoms with E-state index >= 15 is 0 Å². The Labute approximate surface area is 123 Å². The van der Waals surface area contributed by atoms with Crippen LogP contribution in [0.2, 0.25) is 0 Å². The van der Waals surface area contributed by atoms with Crippen LogP contribution in [0.25, 0.3) is 0 Å². The predicted molar refractivity (Wildman–Crippen MR) is 78.2 cm³/mol. The van der Waals surface area contributed by atoms with Gasteiger partial charge in [0.15, 0.2) is 0 Å². The quantitative estimate of drug-likeness (QED) is 0.875. The Morgan fingerprint density at radius 1 is 1.43 bits per heavy atom. The second-order valence-corrected chi connectivity index (χ2v) is 5.32. The first kappa shape index (κ1) is 13.8. The second kappa shape index (κ2) is 6.05. The van der Waals surface area contributed by atoms with Gasteiger partial charge in [0.25, 0.3) is 0 Å². The van der Waals surface area contributed by atoms with Crippen molar-refractivity contribution in [3.63, 3.8) is 0 Å². The molecular weight excluding hydrogens is 266 g/mol. The molecule has 0 radical (unpaired) electrons. The van der Waals surface area contributed by atoms with Gasteiger partial charge in [0.1, 0.15) is 6.54 Å². The van der Waals surface area contributed by atoms with Crippen LogP contribution >= 0.6 is 0 Å². The van der Waals surface area contributed by atoms with Crippen LogP contribution in [0.15, 0.2) is 30.5 Å². The summed E-state index contributed by atoms with van der Waals surface area (Å²) in [5.41, 5.74) is 8.73. The van der Waals surface area contributed by atoms with Gasteiger partial charge >= 0.3 is 0 Å². The van der Waals surface area contributed by atoms with E-state index in [1.807, 2.05) is 12.1 Å². The molecule has 21 heavy (non-hydrogen) atoms. The number of carbonyl (C=O) groups is 1. The first-order valence-corrected chi connectivity index (χ1v) is 7.22. The van der Waals surface area contributed by atoms with E-state index < -0.39 is 0 Å². The third kappa shape index (κ3) is 3.11. The summed E-state index contributed by atoms with van der Waals surface area (Å²) in [6.07, 6.45) is 4.87. The number of nitrogens with zero attached hydrogens (tertiary/aromatic N) is 3. The van der Waals surface area contributed by atoms with Crippen molar-refractivity contribution in [1.82, 2.24) is 20.3 Å². The number of benzene rings is 1. The highest BCUT2D eigenvalue weighted by Gasteiger charge is 2.21. The minimum Gasteiger partial charge on any atom is -0.348 e. The Hall–Kier alpha value is -2.21. The number of rotatable bonds is 4. The average molecular weight is 285 g/mol. The molecule has 3 rings (SSSR count). The van der Waals surface area contributed by atoms with Crippen LogP contribution in [0, 0.1) is 0 Å². The van der Waals surface area contributed by atoms with Crippen LogP contribution in [0.4, 0.5) is 0 Å². The van der Waals surface area contributed by atoms with Crippen molar-refractivity contribution in [2.75, 3.05) is 0 Å². The highest BCUT2D eigenvalue weighted by Crippen LogP contribution is 2.29. The van der Waals surface area contributed by atoms with Gasteiger partial charge in [-0.15, -0.1) is 5.10 Å². The number of aromatic nitrogens is 3. The highest BCUT2D eigenvalue weighted by atomic mass is 16.2. The van der Waals surface area contributed by atoms with Crippen molar-refractivity contribution >= 4 is 5.91 Å². The van der Waals surface area contributed by atoms with Gasteiger partial charge in [-0.1, -0.05) is 29.5 Å². The van der Waals surface area contributed by atoms with E-state index in [0.717, 1.165) is 19.3 Å². The molecule has 6 nitrogen and oxygen atoms in total. The van der Waals surface area contributed by atoms with Gasteiger partial charge in [0, 0.05) is 6.54 Å². The molecule has 1 amide bonds. The molecule has 1 unspecified atom stereocenters. The van der Waals surface area contributed by atoms with Gasteiger partial charge in [0.05, 0.1) is 17.9 Å². The zero-order valence-corrected chi connectivity index (χ0v) is 11.8. The van der Waals surface area contributed by atoms with Gasteiger partial charge in [0.2, 0.25) is 5.91 Å². The number of nitrogens with two attached hydrogens (primary N) is 1. The SMILES string of the molecule is NCc1cn(CC(=O)NC2CCCc3ccccc32)nn1. The Morgan fingerprint density at radius 3 is 3.10 bits per heavy atom. The fourth-order valence-corrected chi connectivity index (χ4v) is 2.80. The second-order valence-electron chi connectivity index (χ2n) is 5.32. The number of amides is 1. The number of nitrogens with one attached hydrogen (secondary N) is 1. The zero-order valence-electron chi connectivity index (χ0n) is 11.8. The minimum atomic E-state index is -0.0508. The molecular formula is C15H19N5O. The van der Waals surface area contributed by atoms with Crippen LogP contribution in [0.1, 0.15) is 35.7 Å². The van der Waals surface area contributed by atoms with Gasteiger partial charge in [-0.3, -0.25) is 4.79 Å². The molecule has 2 aromatic rings. The van der Waals surface area contributed by atoms with Crippen molar-refractivity contribution < 1.29 is 4.79 Å². The molecule has 3 N–H and O–H groups in total. The smallest absolute Gasteiger partial charge is 0.242 e. The Kier molecular flexibility index (Phi) is 3.96. The maximum atomic E-state index is 12.2. The summed E-state index contributed by atoms with van der Waals surface area (Å²) in [7, 11) is 0. The van der Waals surface area contributed by atoms with E-state index in [1.54, 1.807) is 6.20 Å². The lowest BCUT2D eigenvalue weighted by atomic mass is 9.88. The highest BCUT2D eigenvalue weighted by molar-refractivity contribution is 5.76. The molecule has 1 atom stereocenters. The van der Waals surface area contributed by atoms with E-state index in [4.69, 9.17) is 5.73 Å². The third-order valence-electron chi connectivity index (χ3n) is 3.81. The van der Waals surface area contributed by atoms with Crippen LogP contribution in [0.5, 0.6) is 0 Å². The van der Waals surface area contributed by atoms with Crippen molar-refractivity contribution in [2.24, 2.45) is 5.73 Å². The van der Waals surface area contributed by atoms with Crippen LogP contribution in [0.3, 0.4) is 0 Å². The van der Waals surface area contributed by atoms with E-state index in [9.17, 15) is 4.79 Å². The Bertz CT molecular complexity index is 636. The maximum Gasteiger partial charge on any atom is 0.242 e. The normalized spacial score (nSPS) is 17.3. The summed E-state index contributed by atoms with van der Waals surface area (Å²) in [6, 6.07) is 8.40. The molecule has 0 aliphatic heterocycles. The fourth-order valence-electron chi connectivity index (χ4n) is 2.80. The van der Waals surface area contributed by atoms with Crippen molar-refractivity contribution in [3.05, 3.63) is 47.3 Å². The van der Waals surface area contributed by atoms with E-state index in [-0.39, 0.29) is 18.5 Å². The molecule has 0 bridgehead atoms. The molecule has 110 valence electrons. The number of carbonyl (C=O) groups excluding carboxylic acids is 1. The summed E-state index contributed by atoms with van der Waals surface area (Å²) in [5.74, 6) is -0.0508. The minimum absolute atomic E-state index is 0.0508. The molecule has 0 saturated carbocycles. The van der Waals surface area contributed by atoms with E-state index in [0.29, 0.717) is 12.2 Å². The maximum absolute atomic E-state index is 12.2. The summed E-state index contributed by atoms with van der Waals surface area (Å²) in [4.78, 5) is 12.2. The van der Waals surface area contributed by atoms with Crippen LogP contribution in [-0.4, -0.2) is 20.9 Å². The lowest BCUT2D eigenvalue weighted by Crippen LogP contribution is -2.33. The molecule has 6 heteroatoms. The third-order valence-corrected chi connectivity index (χ3v) is 3.81. The zero-order chi connectivity index (χ0) is 14.7. The standard InChI is InChI=1S/C15H19N5O/c16-8-12-9-20(19-18-12)10-15(21)17-14-7-3-5-11-4-1-2-6-13(11)14/h1-2,4,6,9,14H,3,5,7-8,10,16H2,(H,17,21). The van der Waals surface area contributed by atoms with Crippen molar-refractivity contribution in [2.45, 2.75) is 38.4 Å². The van der Waals surface area contributed by atoms with Gasteiger partial charge in [-0.05, 0) is 30.4 Å². The summed E-state index contributed by atoms with van der Waals surface area (Å²) < 4.78 is 1.52. The van der Waals surface area contributed by atoms with E-state index in [1.165, 1.54) is 15.8 Å². The molecule has 1 aliphatic rings. The lowest BCUT2D eigenvalue weighted by Gasteiger charge is -2.26. The number of aryl methyl sites for hydroxylation is 1. The topological polar surface area (TPSA) is 85.8 Å². The van der Waals surface area contributed by atoms with E-state index in [2.05, 4.69) is 27.8 Å². The first-order valence-electron chi connectivity index (χ1n) is 7.22. The van der Waals surface area contributed by atoms with Crippen molar-refractivity contribution in [3.8, 4) is 0 Å². The molecule has 0 fully saturated rings. The molecule has 0 saturated heterocycles. The van der Waals surface area contributed by atoms with Gasteiger partial charge < -0.3 is 11.1 Å². The fraction of sp³-hybridized carbons (Fsp3) is 0.400. The van der Waals surface area contributed by atoms with Crippen molar-refractivity contribution in [1.29, 1.82) is 0 Å². The largest absolute Gasteiger partial charge is 0.348 e. The number of hydrogen-bond acceptors (Lipinski definition) is 4. The summed E-state index contributed by atoms with van der Waals surface area (Å²) >= 11 is 0. The van der Waals surface area contributed by atoms with Gasteiger partial charge in [-0.2, -0.15) is 0 Å². The lowest BCUT2D eigenvalue weighted by molar-refractivity contribution is -0.122.